The lowest BCUT2D eigenvalue weighted by molar-refractivity contribution is -0.140. The largest absolute Gasteiger partial charge is 0.466 e. The second-order valence-corrected chi connectivity index (χ2v) is 10.4. The molecule has 0 saturated carbocycles. The number of carbonyl (C=O) groups is 1. The van der Waals surface area contributed by atoms with Crippen molar-refractivity contribution in [3.05, 3.63) is 53.9 Å². The highest BCUT2D eigenvalue weighted by molar-refractivity contribution is 7.93. The van der Waals surface area contributed by atoms with Crippen LogP contribution in [0.5, 0.6) is 0 Å². The molecule has 0 aliphatic heterocycles. The van der Waals surface area contributed by atoms with Crippen LogP contribution in [-0.2, 0) is 20.7 Å². The Hall–Kier alpha value is -2.39. The number of hydrogen-bond donors (Lipinski definition) is 2. The van der Waals surface area contributed by atoms with Crippen molar-refractivity contribution >= 4 is 55.7 Å². The molecule has 1 unspecified atom stereocenters. The van der Waals surface area contributed by atoms with Gasteiger partial charge in [0.05, 0.1) is 17.2 Å². The Morgan fingerprint density at radius 2 is 2.03 bits per heavy atom. The summed E-state index contributed by atoms with van der Waals surface area (Å²) >= 11 is 2.05. The molecule has 4 aromatic rings. The van der Waals surface area contributed by atoms with Gasteiger partial charge in [0.2, 0.25) is 0 Å². The minimum atomic E-state index is -1.04. The molecule has 0 aliphatic rings. The number of nitrogen functional groups attached to an aromatic ring is 1. The van der Waals surface area contributed by atoms with Crippen LogP contribution < -0.4 is 5.73 Å². The number of fused-ring (bicyclic) bond motifs is 1. The van der Waals surface area contributed by atoms with Gasteiger partial charge in [-0.15, -0.1) is 11.3 Å². The lowest BCUT2D eigenvalue weighted by Crippen LogP contribution is -2.10. The van der Waals surface area contributed by atoms with Crippen LogP contribution in [-0.4, -0.2) is 27.9 Å². The molecule has 0 aliphatic carbocycles. The van der Waals surface area contributed by atoms with Crippen LogP contribution in [0.25, 0.3) is 31.9 Å². The first-order valence-electron chi connectivity index (χ1n) is 9.40. The highest BCUT2D eigenvalue weighted by Gasteiger charge is 2.30. The average molecular weight is 458 g/mol. The Bertz CT molecular complexity index is 1160. The number of thiophene rings is 2. The van der Waals surface area contributed by atoms with Crippen LogP contribution in [0, 0.1) is 0 Å². The maximum atomic E-state index is 10.9. The van der Waals surface area contributed by atoms with E-state index in [2.05, 4.69) is 24.3 Å². The van der Waals surface area contributed by atoms with Crippen LogP contribution in [0.3, 0.4) is 0 Å². The molecule has 0 bridgehead atoms. The smallest absolute Gasteiger partial charge is 0.302 e. The molecule has 154 valence electrons. The predicted molar refractivity (Wildman–Crippen MR) is 127 cm³/mol. The Morgan fingerprint density at radius 1 is 1.23 bits per heavy atom. The molecule has 0 amide bonds. The van der Waals surface area contributed by atoms with Gasteiger partial charge < -0.3 is 10.5 Å². The Kier molecular flexibility index (Phi) is 6.38. The van der Waals surface area contributed by atoms with E-state index in [9.17, 15) is 9.35 Å². The lowest BCUT2D eigenvalue weighted by Gasteiger charge is -2.07. The first-order valence-corrected chi connectivity index (χ1v) is 12.4. The highest BCUT2D eigenvalue weighted by atomic mass is 32.2. The molecule has 0 spiro atoms. The van der Waals surface area contributed by atoms with E-state index >= 15 is 0 Å². The lowest BCUT2D eigenvalue weighted by atomic mass is 10.0. The second-order valence-electron chi connectivity index (χ2n) is 6.64. The third-order valence-corrected chi connectivity index (χ3v) is 8.46. The topological polar surface area (TPSA) is 85.4 Å². The Morgan fingerprint density at radius 3 is 2.73 bits per heavy atom. The van der Waals surface area contributed by atoms with Gasteiger partial charge in [-0.3, -0.25) is 4.79 Å². The third kappa shape index (κ3) is 4.37. The Balaban J connectivity index is 1.76. The zero-order valence-corrected chi connectivity index (χ0v) is 18.8. The summed E-state index contributed by atoms with van der Waals surface area (Å²) in [6, 6.07) is 16.2. The number of ether oxygens (including phenoxy) is 1. The summed E-state index contributed by atoms with van der Waals surface area (Å²) in [5.74, 6) is 0.176. The third-order valence-electron chi connectivity index (χ3n) is 4.52. The van der Waals surface area contributed by atoms with Gasteiger partial charge in [0.15, 0.2) is 16.9 Å². The van der Waals surface area contributed by atoms with Crippen LogP contribution in [0.1, 0.15) is 13.3 Å². The Labute approximate surface area is 185 Å². The SMILES string of the molecule is CC(=O)OCCC[S+](O)c1sc2nc(-c3cccs3)cc(-c3ccccc3)c2c1N. The van der Waals surface area contributed by atoms with Gasteiger partial charge in [-0.1, -0.05) is 47.7 Å². The number of hydrogen-bond acceptors (Lipinski definition) is 7. The molecule has 5 nitrogen and oxygen atoms in total. The molecule has 3 aromatic heterocycles. The summed E-state index contributed by atoms with van der Waals surface area (Å²) in [7, 11) is 0. The molecule has 30 heavy (non-hydrogen) atoms. The number of pyridine rings is 1. The summed E-state index contributed by atoms with van der Waals surface area (Å²) < 4.78 is 16.5. The normalized spacial score (nSPS) is 12.2. The van der Waals surface area contributed by atoms with E-state index in [1.54, 1.807) is 11.3 Å². The molecular weight excluding hydrogens is 436 g/mol. The quantitative estimate of drug-likeness (QED) is 0.212. The number of aromatic nitrogens is 1. The summed E-state index contributed by atoms with van der Waals surface area (Å²) in [5.41, 5.74) is 10.1. The molecule has 1 aromatic carbocycles. The number of anilines is 1. The van der Waals surface area contributed by atoms with Crippen molar-refractivity contribution in [3.8, 4) is 21.7 Å². The number of nitrogens with zero attached hydrogens (tertiary/aromatic N) is 1. The van der Waals surface area contributed by atoms with Crippen molar-refractivity contribution in [1.29, 1.82) is 0 Å². The van der Waals surface area contributed by atoms with Crippen LogP contribution >= 0.6 is 22.7 Å². The van der Waals surface area contributed by atoms with Crippen LogP contribution in [0.4, 0.5) is 5.69 Å². The number of rotatable bonds is 7. The highest BCUT2D eigenvalue weighted by Crippen LogP contribution is 2.43. The second kappa shape index (κ2) is 9.18. The fourth-order valence-corrected chi connectivity index (χ4v) is 6.52. The van der Waals surface area contributed by atoms with Crippen molar-refractivity contribution in [3.63, 3.8) is 0 Å². The molecule has 4 rings (SSSR count). The standard InChI is InChI=1S/C22H21N2O3S3/c1-14(25)27-10-6-12-30(26)22-20(23)19-16(15-7-3-2-4-8-15)13-17(24-21(19)29-22)18-9-5-11-28-18/h2-5,7-9,11,13,26H,6,10,12,23H2,1H3/q+1. The van der Waals surface area contributed by atoms with E-state index in [4.69, 9.17) is 15.5 Å². The number of benzene rings is 1. The van der Waals surface area contributed by atoms with E-state index in [-0.39, 0.29) is 5.97 Å². The maximum absolute atomic E-state index is 10.9. The van der Waals surface area contributed by atoms with E-state index in [1.165, 1.54) is 18.3 Å². The van der Waals surface area contributed by atoms with Gasteiger partial charge in [-0.05, 0) is 28.6 Å². The number of carbonyl (C=O) groups excluding carboxylic acids is 1. The van der Waals surface area contributed by atoms with E-state index < -0.39 is 11.2 Å². The monoisotopic (exact) mass is 457 g/mol. The number of nitrogens with two attached hydrogens (primary N) is 1. The van der Waals surface area contributed by atoms with E-state index in [0.29, 0.717) is 24.5 Å². The maximum Gasteiger partial charge on any atom is 0.302 e. The summed E-state index contributed by atoms with van der Waals surface area (Å²) in [6.07, 6.45) is 0.576. The van der Waals surface area contributed by atoms with Gasteiger partial charge in [-0.25, -0.2) is 4.98 Å². The molecule has 0 fully saturated rings. The van der Waals surface area contributed by atoms with Crippen molar-refractivity contribution in [2.45, 2.75) is 17.6 Å². The van der Waals surface area contributed by atoms with Gasteiger partial charge in [0.1, 0.15) is 10.5 Å². The van der Waals surface area contributed by atoms with Crippen LogP contribution in [0.15, 0.2) is 58.1 Å². The first-order chi connectivity index (χ1) is 14.5. The van der Waals surface area contributed by atoms with Gasteiger partial charge in [-0.2, -0.15) is 4.55 Å². The van der Waals surface area contributed by atoms with Gasteiger partial charge >= 0.3 is 5.97 Å². The molecule has 3 N–H and O–H groups in total. The molecule has 0 saturated heterocycles. The fraction of sp³-hybridized carbons (Fsp3) is 0.182. The summed E-state index contributed by atoms with van der Waals surface area (Å²) in [5, 5.41) is 2.92. The van der Waals surface area contributed by atoms with Gasteiger partial charge in [0.25, 0.3) is 4.21 Å². The minimum Gasteiger partial charge on any atom is -0.466 e. The van der Waals surface area contributed by atoms with Crippen molar-refractivity contribution in [1.82, 2.24) is 4.98 Å². The molecule has 1 atom stereocenters. The zero-order chi connectivity index (χ0) is 21.1. The zero-order valence-electron chi connectivity index (χ0n) is 16.3. The van der Waals surface area contributed by atoms with Crippen molar-refractivity contribution in [2.75, 3.05) is 18.1 Å². The molecule has 8 heteroatoms. The van der Waals surface area contributed by atoms with Crippen LogP contribution in [0.2, 0.25) is 0 Å². The molecule has 0 radical (unpaired) electrons. The minimum absolute atomic E-state index is 0.292. The summed E-state index contributed by atoms with van der Waals surface area (Å²) in [4.78, 5) is 17.7. The number of esters is 1. The van der Waals surface area contributed by atoms with E-state index in [1.807, 2.05) is 29.6 Å². The first kappa shape index (κ1) is 20.9. The van der Waals surface area contributed by atoms with Crippen molar-refractivity contribution in [2.24, 2.45) is 0 Å². The van der Waals surface area contributed by atoms with Crippen molar-refractivity contribution < 1.29 is 14.1 Å². The fourth-order valence-electron chi connectivity index (χ4n) is 3.18. The average Bonchev–Trinajstić information content (AvgIpc) is 3.39. The molecule has 3 heterocycles. The summed E-state index contributed by atoms with van der Waals surface area (Å²) in [6.45, 7) is 1.67. The van der Waals surface area contributed by atoms with Gasteiger partial charge in [0, 0.05) is 18.7 Å². The predicted octanol–water partition coefficient (Wildman–Crippen LogP) is 5.68. The van der Waals surface area contributed by atoms with E-state index in [0.717, 1.165) is 36.1 Å². The molecular formula is C22H21N2O3S3+.